The summed E-state index contributed by atoms with van der Waals surface area (Å²) in [5, 5.41) is 3.75. The monoisotopic (exact) mass is 334 g/mol. The molecule has 26 heavy (non-hydrogen) atoms. The molecule has 122 valence electrons. The summed E-state index contributed by atoms with van der Waals surface area (Å²) in [7, 11) is 0. The van der Waals surface area contributed by atoms with Crippen LogP contribution < -0.4 is 22.9 Å². The zero-order valence-corrected chi connectivity index (χ0v) is 13.8. The number of benzene rings is 3. The smallest absolute Gasteiger partial charge is 0.0506 e. The molecule has 0 aliphatic carbocycles. The molecule has 8 N–H and O–H groups in total. The van der Waals surface area contributed by atoms with Crippen LogP contribution in [0.5, 0.6) is 0 Å². The molecule has 4 heteroatoms. The Morgan fingerprint density at radius 3 is 1.19 bits per heavy atom. The summed E-state index contributed by atoms with van der Waals surface area (Å²) in [5.74, 6) is 11.6. The van der Waals surface area contributed by atoms with Crippen LogP contribution in [0.25, 0.3) is 21.5 Å². The van der Waals surface area contributed by atoms with Gasteiger partial charge in [0.15, 0.2) is 0 Å². The predicted molar refractivity (Wildman–Crippen MR) is 106 cm³/mol. The molecule has 3 aromatic carbocycles. The lowest BCUT2D eigenvalue weighted by molar-refractivity contribution is 1.61. The summed E-state index contributed by atoms with van der Waals surface area (Å²) in [6, 6.07) is 21.4. The average Bonchev–Trinajstić information content (AvgIpc) is 2.65. The maximum atomic E-state index is 5.51. The summed E-state index contributed by atoms with van der Waals surface area (Å²) < 4.78 is 0. The molecular weight excluding hydrogens is 320 g/mol. The molecule has 0 aliphatic heterocycles. The number of hydrogen-bond acceptors (Lipinski definition) is 4. The standard InChI is InChI=1S/C22H14N4/c23-9-5-15-1-3-17-18-4-2-16(6-10-24)14-22(18)20(8-12-26)19(7-11-25)21(17)13-15/h1-4,13-14H,23-26H2. The first-order valence-electron chi connectivity index (χ1n) is 7.63. The molecule has 3 aromatic rings. The largest absolute Gasteiger partial charge is 0.359 e. The normalized spacial score (nSPS) is 8.92. The van der Waals surface area contributed by atoms with Crippen LogP contribution >= 0.6 is 0 Å². The third-order valence-corrected chi connectivity index (χ3v) is 3.95. The van der Waals surface area contributed by atoms with Crippen LogP contribution in [0.4, 0.5) is 0 Å². The van der Waals surface area contributed by atoms with Crippen LogP contribution in [0.2, 0.25) is 0 Å². The van der Waals surface area contributed by atoms with E-state index in [-0.39, 0.29) is 0 Å². The van der Waals surface area contributed by atoms with Gasteiger partial charge in [-0.1, -0.05) is 12.1 Å². The minimum atomic E-state index is 0.687. The molecule has 0 aliphatic rings. The lowest BCUT2D eigenvalue weighted by Gasteiger charge is -2.11. The Morgan fingerprint density at radius 2 is 0.846 bits per heavy atom. The van der Waals surface area contributed by atoms with Gasteiger partial charge >= 0.3 is 0 Å². The summed E-state index contributed by atoms with van der Waals surface area (Å²) >= 11 is 0. The van der Waals surface area contributed by atoms with Crippen LogP contribution in [0.15, 0.2) is 36.4 Å². The average molecular weight is 334 g/mol. The molecule has 0 unspecified atom stereocenters. The Morgan fingerprint density at radius 1 is 0.462 bits per heavy atom. The van der Waals surface area contributed by atoms with Gasteiger partial charge in [-0.05, 0) is 58.7 Å². The maximum absolute atomic E-state index is 5.51. The van der Waals surface area contributed by atoms with Crippen molar-refractivity contribution in [1.29, 1.82) is 0 Å². The highest BCUT2D eigenvalue weighted by Crippen LogP contribution is 2.33. The summed E-state index contributed by atoms with van der Waals surface area (Å²) in [4.78, 5) is 0. The van der Waals surface area contributed by atoms with Gasteiger partial charge in [0.2, 0.25) is 0 Å². The fourth-order valence-corrected chi connectivity index (χ4v) is 2.97. The van der Waals surface area contributed by atoms with Gasteiger partial charge in [0.05, 0.1) is 11.1 Å². The molecule has 0 radical (unpaired) electrons. The summed E-state index contributed by atoms with van der Waals surface area (Å²) in [6.07, 6.45) is 0. The predicted octanol–water partition coefficient (Wildman–Crippen LogP) is 1.06. The van der Waals surface area contributed by atoms with Gasteiger partial charge in [-0.2, -0.15) is 0 Å². The van der Waals surface area contributed by atoms with E-state index in [1.807, 2.05) is 36.4 Å². The highest BCUT2D eigenvalue weighted by molar-refractivity contribution is 6.13. The Kier molecular flexibility index (Phi) is 4.45. The van der Waals surface area contributed by atoms with Crippen molar-refractivity contribution >= 4 is 21.5 Å². The molecule has 0 fully saturated rings. The SMILES string of the molecule is NC#Cc1ccc2c(c1)c(C#CN)c(C#CN)c1cc(C#CN)ccc12. The van der Waals surface area contributed by atoms with Crippen LogP contribution in [0, 0.1) is 47.9 Å². The molecular formula is C22H14N4. The Hall–Kier alpha value is -4.38. The van der Waals surface area contributed by atoms with E-state index in [2.05, 4.69) is 47.9 Å². The number of hydrogen-bond donors (Lipinski definition) is 4. The van der Waals surface area contributed by atoms with Crippen LogP contribution in [0.3, 0.4) is 0 Å². The zero-order chi connectivity index (χ0) is 18.5. The third kappa shape index (κ3) is 2.76. The molecule has 0 aromatic heterocycles. The van der Waals surface area contributed by atoms with Gasteiger partial charge < -0.3 is 22.9 Å². The molecule has 0 saturated carbocycles. The Balaban J connectivity index is 2.59. The lowest BCUT2D eigenvalue weighted by atomic mass is 9.90. The van der Waals surface area contributed by atoms with Crippen molar-refractivity contribution in [1.82, 2.24) is 0 Å². The lowest BCUT2D eigenvalue weighted by Crippen LogP contribution is -1.95. The van der Waals surface area contributed by atoms with Gasteiger partial charge in [-0.15, -0.1) is 0 Å². The highest BCUT2D eigenvalue weighted by atomic mass is 14.5. The topological polar surface area (TPSA) is 104 Å². The van der Waals surface area contributed by atoms with E-state index in [0.717, 1.165) is 32.7 Å². The molecule has 3 rings (SSSR count). The number of nitrogens with two attached hydrogens (primary N) is 4. The first kappa shape index (κ1) is 16.5. The van der Waals surface area contributed by atoms with Crippen molar-refractivity contribution in [2.24, 2.45) is 22.9 Å². The van der Waals surface area contributed by atoms with Gasteiger partial charge in [0.25, 0.3) is 0 Å². The Labute approximate surface area is 151 Å². The van der Waals surface area contributed by atoms with Crippen LogP contribution in [-0.2, 0) is 0 Å². The van der Waals surface area contributed by atoms with Crippen LogP contribution in [0.1, 0.15) is 22.3 Å². The van der Waals surface area contributed by atoms with Crippen molar-refractivity contribution in [3.8, 4) is 47.9 Å². The maximum Gasteiger partial charge on any atom is 0.0506 e. The van der Waals surface area contributed by atoms with Crippen LogP contribution in [-0.4, -0.2) is 0 Å². The van der Waals surface area contributed by atoms with Crippen molar-refractivity contribution in [2.45, 2.75) is 0 Å². The van der Waals surface area contributed by atoms with Crippen molar-refractivity contribution in [2.75, 3.05) is 0 Å². The third-order valence-electron chi connectivity index (χ3n) is 3.95. The molecule has 0 amide bonds. The second-order valence-corrected chi connectivity index (χ2v) is 5.35. The zero-order valence-electron chi connectivity index (χ0n) is 13.8. The van der Waals surface area contributed by atoms with E-state index in [9.17, 15) is 0 Å². The van der Waals surface area contributed by atoms with Crippen molar-refractivity contribution < 1.29 is 0 Å². The summed E-state index contributed by atoms with van der Waals surface area (Å²) in [6.45, 7) is 0. The molecule has 4 nitrogen and oxygen atoms in total. The van der Waals surface area contributed by atoms with Crippen molar-refractivity contribution in [3.63, 3.8) is 0 Å². The molecule has 0 saturated heterocycles. The first-order chi connectivity index (χ1) is 12.7. The second-order valence-electron chi connectivity index (χ2n) is 5.35. The fraction of sp³-hybridized carbons (Fsp3) is 0. The molecule has 0 atom stereocenters. The van der Waals surface area contributed by atoms with E-state index in [4.69, 9.17) is 22.9 Å². The van der Waals surface area contributed by atoms with Gasteiger partial charge in [-0.3, -0.25) is 0 Å². The fourth-order valence-electron chi connectivity index (χ4n) is 2.97. The molecule has 0 heterocycles. The summed E-state index contributed by atoms with van der Waals surface area (Å²) in [5.41, 5.74) is 24.6. The van der Waals surface area contributed by atoms with E-state index >= 15 is 0 Å². The van der Waals surface area contributed by atoms with E-state index in [1.54, 1.807) is 0 Å². The Bertz CT molecular complexity index is 1190. The number of rotatable bonds is 0. The van der Waals surface area contributed by atoms with E-state index in [0.29, 0.717) is 11.1 Å². The van der Waals surface area contributed by atoms with E-state index < -0.39 is 0 Å². The van der Waals surface area contributed by atoms with E-state index in [1.165, 1.54) is 0 Å². The molecule has 0 spiro atoms. The van der Waals surface area contributed by atoms with Crippen molar-refractivity contribution in [3.05, 3.63) is 58.7 Å². The second kappa shape index (κ2) is 7.02. The molecule has 0 bridgehead atoms. The quantitative estimate of drug-likeness (QED) is 0.280. The van der Waals surface area contributed by atoms with Gasteiger partial charge in [-0.25, -0.2) is 0 Å². The first-order valence-corrected chi connectivity index (χ1v) is 7.63. The number of fused-ring (bicyclic) bond motifs is 3. The highest BCUT2D eigenvalue weighted by Gasteiger charge is 2.13. The minimum absolute atomic E-state index is 0.687. The minimum Gasteiger partial charge on any atom is -0.359 e. The van der Waals surface area contributed by atoms with Gasteiger partial charge in [0, 0.05) is 46.1 Å². The van der Waals surface area contributed by atoms with Gasteiger partial charge in [0.1, 0.15) is 0 Å².